The third kappa shape index (κ3) is 4.63. The molecule has 1 N–H and O–H groups in total. The monoisotopic (exact) mass is 239 g/mol. The van der Waals surface area contributed by atoms with Crippen molar-refractivity contribution < 1.29 is 18.7 Å². The average Bonchev–Trinajstić information content (AvgIpc) is 2.25. The molecule has 0 bridgehead atoms. The van der Waals surface area contributed by atoms with Crippen LogP contribution in [0.25, 0.3) is 0 Å². The summed E-state index contributed by atoms with van der Waals surface area (Å²) in [6.45, 7) is 3.20. The van der Waals surface area contributed by atoms with Gasteiger partial charge < -0.3 is 10.1 Å². The zero-order valence-corrected chi connectivity index (χ0v) is 9.70. The Labute approximate surface area is 98.8 Å². The van der Waals surface area contributed by atoms with Crippen molar-refractivity contribution in [3.05, 3.63) is 35.6 Å². The van der Waals surface area contributed by atoms with Gasteiger partial charge in [0.2, 0.25) is 0 Å². The molecule has 0 unspecified atom stereocenters. The Kier molecular flexibility index (Phi) is 4.63. The number of esters is 1. The normalized spacial score (nSPS) is 10.1. The van der Waals surface area contributed by atoms with E-state index in [1.54, 1.807) is 13.8 Å². The number of rotatable bonds is 4. The molecule has 0 aliphatic rings. The maximum atomic E-state index is 12.8. The van der Waals surface area contributed by atoms with Crippen LogP contribution >= 0.6 is 0 Å². The second-order valence-electron chi connectivity index (χ2n) is 3.73. The summed E-state index contributed by atoms with van der Waals surface area (Å²) in [4.78, 5) is 22.6. The number of carbonyl (C=O) groups excluding carboxylic acids is 2. The lowest BCUT2D eigenvalue weighted by Crippen LogP contribution is -2.31. The van der Waals surface area contributed by atoms with Crippen molar-refractivity contribution in [1.82, 2.24) is 5.32 Å². The van der Waals surface area contributed by atoms with Crippen LogP contribution in [0.3, 0.4) is 0 Å². The minimum atomic E-state index is -0.523. The first kappa shape index (κ1) is 13.2. The van der Waals surface area contributed by atoms with E-state index in [4.69, 9.17) is 4.74 Å². The molecule has 17 heavy (non-hydrogen) atoms. The van der Waals surface area contributed by atoms with Crippen molar-refractivity contribution in [3.8, 4) is 0 Å². The second-order valence-corrected chi connectivity index (χ2v) is 3.73. The standard InChI is InChI=1S/C12H14FNO3/c1-8(2)17-11(15)7-14-12(16)9-4-3-5-10(13)6-9/h3-6,8H,7H2,1-2H3,(H,14,16). The number of halogens is 1. The molecular weight excluding hydrogens is 225 g/mol. The quantitative estimate of drug-likeness (QED) is 0.810. The van der Waals surface area contributed by atoms with Crippen LogP contribution in [-0.4, -0.2) is 24.5 Å². The summed E-state index contributed by atoms with van der Waals surface area (Å²) in [6.07, 6.45) is -0.228. The van der Waals surface area contributed by atoms with Crippen LogP contribution in [0.1, 0.15) is 24.2 Å². The maximum absolute atomic E-state index is 12.8. The summed E-state index contributed by atoms with van der Waals surface area (Å²) in [5, 5.41) is 2.35. The molecule has 1 aromatic carbocycles. The Morgan fingerprint density at radius 2 is 2.12 bits per heavy atom. The summed E-state index contributed by atoms with van der Waals surface area (Å²) in [6, 6.07) is 5.23. The number of hydrogen-bond donors (Lipinski definition) is 1. The van der Waals surface area contributed by atoms with Crippen molar-refractivity contribution in [2.24, 2.45) is 0 Å². The summed E-state index contributed by atoms with van der Waals surface area (Å²) < 4.78 is 17.7. The first-order valence-corrected chi connectivity index (χ1v) is 5.22. The third-order valence-corrected chi connectivity index (χ3v) is 1.85. The zero-order valence-electron chi connectivity index (χ0n) is 9.70. The summed E-state index contributed by atoms with van der Waals surface area (Å²) in [5.41, 5.74) is 0.169. The lowest BCUT2D eigenvalue weighted by molar-refractivity contribution is -0.146. The van der Waals surface area contributed by atoms with E-state index in [-0.39, 0.29) is 18.2 Å². The highest BCUT2D eigenvalue weighted by molar-refractivity contribution is 5.95. The van der Waals surface area contributed by atoms with Crippen molar-refractivity contribution in [2.75, 3.05) is 6.54 Å². The van der Waals surface area contributed by atoms with Gasteiger partial charge in [0, 0.05) is 5.56 Å². The minimum Gasteiger partial charge on any atom is -0.462 e. The van der Waals surface area contributed by atoms with Crippen LogP contribution in [0.2, 0.25) is 0 Å². The van der Waals surface area contributed by atoms with Crippen LogP contribution in [0.15, 0.2) is 24.3 Å². The zero-order chi connectivity index (χ0) is 12.8. The smallest absolute Gasteiger partial charge is 0.325 e. The van der Waals surface area contributed by atoms with E-state index < -0.39 is 17.7 Å². The lowest BCUT2D eigenvalue weighted by Gasteiger charge is -2.08. The Hall–Kier alpha value is -1.91. The molecule has 1 aromatic rings. The molecule has 1 amide bonds. The van der Waals surface area contributed by atoms with Crippen LogP contribution in [0.5, 0.6) is 0 Å². The van der Waals surface area contributed by atoms with Crippen LogP contribution < -0.4 is 5.32 Å². The van der Waals surface area contributed by atoms with Gasteiger partial charge in [0.15, 0.2) is 0 Å². The van der Waals surface area contributed by atoms with Gasteiger partial charge in [0.05, 0.1) is 6.10 Å². The lowest BCUT2D eigenvalue weighted by atomic mass is 10.2. The molecule has 0 aliphatic carbocycles. The molecule has 1 rings (SSSR count). The van der Waals surface area contributed by atoms with E-state index in [0.717, 1.165) is 6.07 Å². The van der Waals surface area contributed by atoms with E-state index in [1.165, 1.54) is 18.2 Å². The van der Waals surface area contributed by atoms with Gasteiger partial charge in [0.1, 0.15) is 12.4 Å². The van der Waals surface area contributed by atoms with Crippen molar-refractivity contribution >= 4 is 11.9 Å². The molecule has 4 nitrogen and oxygen atoms in total. The molecule has 0 heterocycles. The number of amides is 1. The van der Waals surface area contributed by atoms with Gasteiger partial charge in [-0.2, -0.15) is 0 Å². The van der Waals surface area contributed by atoms with Crippen molar-refractivity contribution in [2.45, 2.75) is 20.0 Å². The van der Waals surface area contributed by atoms with Gasteiger partial charge in [0.25, 0.3) is 5.91 Å². The number of hydrogen-bond acceptors (Lipinski definition) is 3. The van der Waals surface area contributed by atoms with E-state index >= 15 is 0 Å². The Morgan fingerprint density at radius 1 is 1.41 bits per heavy atom. The van der Waals surface area contributed by atoms with Gasteiger partial charge in [-0.05, 0) is 32.0 Å². The highest BCUT2D eigenvalue weighted by Crippen LogP contribution is 2.02. The van der Waals surface area contributed by atoms with Crippen LogP contribution in [0, 0.1) is 5.82 Å². The molecule has 0 spiro atoms. The number of nitrogens with one attached hydrogen (secondary N) is 1. The fraction of sp³-hybridized carbons (Fsp3) is 0.333. The largest absolute Gasteiger partial charge is 0.462 e. The summed E-state index contributed by atoms with van der Waals surface area (Å²) in [5.74, 6) is -1.53. The second kappa shape index (κ2) is 5.98. The van der Waals surface area contributed by atoms with Crippen LogP contribution in [-0.2, 0) is 9.53 Å². The van der Waals surface area contributed by atoms with Gasteiger partial charge in [-0.3, -0.25) is 9.59 Å². The highest BCUT2D eigenvalue weighted by Gasteiger charge is 2.10. The predicted octanol–water partition coefficient (Wildman–Crippen LogP) is 1.51. The summed E-state index contributed by atoms with van der Waals surface area (Å²) >= 11 is 0. The molecule has 0 aliphatic heterocycles. The molecule has 0 fully saturated rings. The van der Waals surface area contributed by atoms with Gasteiger partial charge >= 0.3 is 5.97 Å². The van der Waals surface area contributed by atoms with Gasteiger partial charge in [-0.1, -0.05) is 6.07 Å². The topological polar surface area (TPSA) is 55.4 Å². The van der Waals surface area contributed by atoms with Crippen LogP contribution in [0.4, 0.5) is 4.39 Å². The Bertz CT molecular complexity index is 418. The number of carbonyl (C=O) groups is 2. The Balaban J connectivity index is 2.48. The van der Waals surface area contributed by atoms with Gasteiger partial charge in [-0.25, -0.2) is 4.39 Å². The number of benzene rings is 1. The van der Waals surface area contributed by atoms with E-state index in [1.807, 2.05) is 0 Å². The first-order chi connectivity index (χ1) is 7.99. The molecule has 0 radical (unpaired) electrons. The van der Waals surface area contributed by atoms with Gasteiger partial charge in [-0.15, -0.1) is 0 Å². The Morgan fingerprint density at radius 3 is 2.71 bits per heavy atom. The number of ether oxygens (including phenoxy) is 1. The fourth-order valence-corrected chi connectivity index (χ4v) is 1.19. The molecule has 0 saturated carbocycles. The predicted molar refractivity (Wildman–Crippen MR) is 60.0 cm³/mol. The molecular formula is C12H14FNO3. The van der Waals surface area contributed by atoms with Crippen molar-refractivity contribution in [3.63, 3.8) is 0 Å². The summed E-state index contributed by atoms with van der Waals surface area (Å²) in [7, 11) is 0. The average molecular weight is 239 g/mol. The third-order valence-electron chi connectivity index (χ3n) is 1.85. The molecule has 0 atom stereocenters. The molecule has 5 heteroatoms. The molecule has 0 saturated heterocycles. The fourth-order valence-electron chi connectivity index (χ4n) is 1.19. The minimum absolute atomic E-state index is 0.169. The van der Waals surface area contributed by atoms with E-state index in [9.17, 15) is 14.0 Å². The highest BCUT2D eigenvalue weighted by atomic mass is 19.1. The van der Waals surface area contributed by atoms with E-state index in [2.05, 4.69) is 5.32 Å². The van der Waals surface area contributed by atoms with E-state index in [0.29, 0.717) is 0 Å². The molecule has 0 aromatic heterocycles. The molecule has 92 valence electrons. The first-order valence-electron chi connectivity index (χ1n) is 5.22. The van der Waals surface area contributed by atoms with Crippen molar-refractivity contribution in [1.29, 1.82) is 0 Å². The SMILES string of the molecule is CC(C)OC(=O)CNC(=O)c1cccc(F)c1. The maximum Gasteiger partial charge on any atom is 0.325 e.